The van der Waals surface area contributed by atoms with Crippen LogP contribution < -0.4 is 5.32 Å². The molecule has 0 bridgehead atoms. The predicted molar refractivity (Wildman–Crippen MR) is 49.7 cm³/mol. The molecule has 0 aromatic carbocycles. The lowest BCUT2D eigenvalue weighted by molar-refractivity contribution is 0.664. The van der Waals surface area contributed by atoms with Crippen molar-refractivity contribution >= 4 is 10.8 Å². The van der Waals surface area contributed by atoms with Gasteiger partial charge in [0.25, 0.3) is 0 Å². The predicted octanol–water partition coefficient (Wildman–Crippen LogP) is -0.0539. The molecular formula is C8H11N3OS. The van der Waals surface area contributed by atoms with Gasteiger partial charge in [-0.25, -0.2) is 9.97 Å². The summed E-state index contributed by atoms with van der Waals surface area (Å²) in [5.74, 6) is 0. The molecule has 1 fully saturated rings. The molecule has 0 radical (unpaired) electrons. The van der Waals surface area contributed by atoms with E-state index >= 15 is 0 Å². The minimum absolute atomic E-state index is 0.183. The first-order valence-electron chi connectivity index (χ1n) is 4.26. The molecule has 0 aliphatic carbocycles. The van der Waals surface area contributed by atoms with Gasteiger partial charge in [-0.2, -0.15) is 0 Å². The fourth-order valence-corrected chi connectivity index (χ4v) is 2.58. The quantitative estimate of drug-likeness (QED) is 0.675. The molecule has 2 heterocycles. The van der Waals surface area contributed by atoms with Crippen molar-refractivity contribution < 1.29 is 4.21 Å². The Bertz CT molecular complexity index is 298. The van der Waals surface area contributed by atoms with E-state index in [2.05, 4.69) is 15.3 Å². The Labute approximate surface area is 79.2 Å². The lowest BCUT2D eigenvalue weighted by Crippen LogP contribution is -2.20. The van der Waals surface area contributed by atoms with E-state index in [0.29, 0.717) is 5.16 Å². The molecular weight excluding hydrogens is 186 g/mol. The van der Waals surface area contributed by atoms with E-state index in [1.165, 1.54) is 0 Å². The second-order valence-corrected chi connectivity index (χ2v) is 4.57. The number of nitrogens with one attached hydrogen (secondary N) is 1. The molecule has 13 heavy (non-hydrogen) atoms. The molecule has 1 aromatic rings. The molecule has 1 N–H and O–H groups in total. The highest BCUT2D eigenvalue weighted by Gasteiger charge is 2.23. The summed E-state index contributed by atoms with van der Waals surface area (Å²) in [6, 6.07) is 1.73. The zero-order valence-corrected chi connectivity index (χ0v) is 7.96. The molecule has 1 saturated heterocycles. The minimum Gasteiger partial charge on any atom is -0.315 e. The highest BCUT2D eigenvalue weighted by atomic mass is 32.2. The summed E-state index contributed by atoms with van der Waals surface area (Å²) >= 11 is 0. The third kappa shape index (κ3) is 1.92. The Morgan fingerprint density at radius 3 is 2.85 bits per heavy atom. The van der Waals surface area contributed by atoms with Crippen molar-refractivity contribution in [3.63, 3.8) is 0 Å². The molecule has 0 amide bonds. The smallest absolute Gasteiger partial charge is 0.218 e. The largest absolute Gasteiger partial charge is 0.315 e. The van der Waals surface area contributed by atoms with Gasteiger partial charge in [-0.1, -0.05) is 0 Å². The Morgan fingerprint density at radius 1 is 1.46 bits per heavy atom. The second-order valence-electron chi connectivity index (χ2n) is 2.94. The Balaban J connectivity index is 2.13. The third-order valence-corrected chi connectivity index (χ3v) is 3.62. The summed E-state index contributed by atoms with van der Waals surface area (Å²) < 4.78 is 11.8. The Kier molecular flexibility index (Phi) is 2.65. The highest BCUT2D eigenvalue weighted by molar-refractivity contribution is 7.85. The van der Waals surface area contributed by atoms with Gasteiger partial charge < -0.3 is 5.32 Å². The SMILES string of the molecule is O=[S@](c1ncccn1)[C@@H]1CCNC1. The first-order valence-corrected chi connectivity index (χ1v) is 5.47. The van der Waals surface area contributed by atoms with Crippen molar-refractivity contribution in [2.75, 3.05) is 13.1 Å². The highest BCUT2D eigenvalue weighted by Crippen LogP contribution is 2.11. The van der Waals surface area contributed by atoms with E-state index < -0.39 is 10.8 Å². The Hall–Kier alpha value is -0.810. The summed E-state index contributed by atoms with van der Waals surface area (Å²) in [5, 5.41) is 3.81. The van der Waals surface area contributed by atoms with Crippen LogP contribution in [0.4, 0.5) is 0 Å². The van der Waals surface area contributed by atoms with Gasteiger partial charge in [0.15, 0.2) is 0 Å². The lowest BCUT2D eigenvalue weighted by atomic mass is 10.4. The van der Waals surface area contributed by atoms with Gasteiger partial charge in [-0.3, -0.25) is 4.21 Å². The van der Waals surface area contributed by atoms with Crippen molar-refractivity contribution in [3.8, 4) is 0 Å². The summed E-state index contributed by atoms with van der Waals surface area (Å²) in [6.07, 6.45) is 4.20. The van der Waals surface area contributed by atoms with Gasteiger partial charge in [-0.15, -0.1) is 0 Å². The van der Waals surface area contributed by atoms with E-state index in [-0.39, 0.29) is 5.25 Å². The molecule has 1 aliphatic heterocycles. The number of rotatable bonds is 2. The van der Waals surface area contributed by atoms with Crippen molar-refractivity contribution in [3.05, 3.63) is 18.5 Å². The van der Waals surface area contributed by atoms with Crippen LogP contribution in [0.5, 0.6) is 0 Å². The van der Waals surface area contributed by atoms with Crippen LogP contribution in [0.15, 0.2) is 23.6 Å². The number of hydrogen-bond donors (Lipinski definition) is 1. The maximum atomic E-state index is 11.8. The summed E-state index contributed by atoms with van der Waals surface area (Å²) in [7, 11) is -1.04. The summed E-state index contributed by atoms with van der Waals surface area (Å²) in [5.41, 5.74) is 0. The minimum atomic E-state index is -1.04. The molecule has 1 aliphatic rings. The van der Waals surface area contributed by atoms with Gasteiger partial charge in [0, 0.05) is 18.9 Å². The van der Waals surface area contributed by atoms with Gasteiger partial charge in [0.05, 0.1) is 16.0 Å². The molecule has 1 aromatic heterocycles. The average Bonchev–Trinajstić information content (AvgIpc) is 2.71. The maximum absolute atomic E-state index is 11.8. The average molecular weight is 197 g/mol. The number of hydrogen-bond acceptors (Lipinski definition) is 4. The maximum Gasteiger partial charge on any atom is 0.218 e. The fourth-order valence-electron chi connectivity index (χ4n) is 1.35. The van der Waals surface area contributed by atoms with E-state index in [9.17, 15) is 4.21 Å². The van der Waals surface area contributed by atoms with Gasteiger partial charge in [0.1, 0.15) is 0 Å². The molecule has 4 nitrogen and oxygen atoms in total. The molecule has 2 atom stereocenters. The zero-order chi connectivity index (χ0) is 9.10. The molecule has 0 saturated carbocycles. The third-order valence-electron chi connectivity index (χ3n) is 2.04. The molecule has 0 spiro atoms. The zero-order valence-electron chi connectivity index (χ0n) is 7.14. The summed E-state index contributed by atoms with van der Waals surface area (Å²) in [4.78, 5) is 7.97. The van der Waals surface area contributed by atoms with E-state index in [0.717, 1.165) is 19.5 Å². The van der Waals surface area contributed by atoms with Crippen molar-refractivity contribution in [2.24, 2.45) is 0 Å². The monoisotopic (exact) mass is 197 g/mol. The van der Waals surface area contributed by atoms with Crippen LogP contribution in [0.25, 0.3) is 0 Å². The second kappa shape index (κ2) is 3.93. The Morgan fingerprint density at radius 2 is 2.23 bits per heavy atom. The molecule has 70 valence electrons. The van der Waals surface area contributed by atoms with Crippen LogP contribution in [0.1, 0.15) is 6.42 Å². The van der Waals surface area contributed by atoms with E-state index in [4.69, 9.17) is 0 Å². The summed E-state index contributed by atoms with van der Waals surface area (Å²) in [6.45, 7) is 1.76. The van der Waals surface area contributed by atoms with E-state index in [1.807, 2.05) is 0 Å². The van der Waals surface area contributed by atoms with Gasteiger partial charge in [0.2, 0.25) is 5.16 Å². The van der Waals surface area contributed by atoms with Crippen LogP contribution in [0, 0.1) is 0 Å². The molecule has 0 unspecified atom stereocenters. The van der Waals surface area contributed by atoms with Gasteiger partial charge in [-0.05, 0) is 19.0 Å². The molecule has 5 heteroatoms. The topological polar surface area (TPSA) is 54.9 Å². The van der Waals surface area contributed by atoms with E-state index in [1.54, 1.807) is 18.5 Å². The number of aromatic nitrogens is 2. The first-order chi connectivity index (χ1) is 6.38. The van der Waals surface area contributed by atoms with Crippen LogP contribution >= 0.6 is 0 Å². The van der Waals surface area contributed by atoms with Crippen molar-refractivity contribution in [1.29, 1.82) is 0 Å². The van der Waals surface area contributed by atoms with Crippen molar-refractivity contribution in [2.45, 2.75) is 16.8 Å². The van der Waals surface area contributed by atoms with Crippen LogP contribution in [0.3, 0.4) is 0 Å². The normalized spacial score (nSPS) is 24.5. The van der Waals surface area contributed by atoms with Crippen LogP contribution in [-0.2, 0) is 10.8 Å². The van der Waals surface area contributed by atoms with Crippen molar-refractivity contribution in [1.82, 2.24) is 15.3 Å². The van der Waals surface area contributed by atoms with Gasteiger partial charge >= 0.3 is 0 Å². The number of nitrogens with zero attached hydrogens (tertiary/aromatic N) is 2. The van der Waals surface area contributed by atoms with Crippen LogP contribution in [-0.4, -0.2) is 32.5 Å². The first kappa shape index (κ1) is 8.77. The van der Waals surface area contributed by atoms with Crippen LogP contribution in [0.2, 0.25) is 0 Å². The molecule has 2 rings (SSSR count). The lowest BCUT2D eigenvalue weighted by Gasteiger charge is -2.05. The standard InChI is InChI=1S/C8H11N3OS/c12-13(7-2-5-9-6-7)8-10-3-1-4-11-8/h1,3-4,7,9H,2,5-6H2/t7-,13+/m1/s1. The fraction of sp³-hybridized carbons (Fsp3) is 0.500.